The highest BCUT2D eigenvalue weighted by molar-refractivity contribution is 6.33. The average Bonchev–Trinajstić information content (AvgIpc) is 3.00. The summed E-state index contributed by atoms with van der Waals surface area (Å²) in [6, 6.07) is 13.8. The highest BCUT2D eigenvalue weighted by Crippen LogP contribution is 2.22. The monoisotopic (exact) mass is 356 g/mol. The van der Waals surface area contributed by atoms with Gasteiger partial charge in [0, 0.05) is 16.7 Å². The Morgan fingerprint density at radius 1 is 1.24 bits per heavy atom. The molecule has 2 N–H and O–H groups in total. The summed E-state index contributed by atoms with van der Waals surface area (Å²) in [4.78, 5) is 12.2. The predicted molar refractivity (Wildman–Crippen MR) is 95.2 cm³/mol. The van der Waals surface area contributed by atoms with Crippen LogP contribution in [0.4, 0.5) is 4.39 Å². The number of carbonyl (C=O) groups is 1. The van der Waals surface area contributed by atoms with Gasteiger partial charge in [-0.05, 0) is 19.1 Å². The molecule has 0 spiro atoms. The largest absolute Gasteiger partial charge is 0.289 e. The molecular weight excluding hydrogens is 343 g/mol. The van der Waals surface area contributed by atoms with Crippen molar-refractivity contribution >= 4 is 23.7 Å². The van der Waals surface area contributed by atoms with Gasteiger partial charge in [0.1, 0.15) is 11.5 Å². The summed E-state index contributed by atoms with van der Waals surface area (Å²) in [7, 11) is 0. The van der Waals surface area contributed by atoms with E-state index in [0.29, 0.717) is 11.3 Å². The topological polar surface area (TPSA) is 70.1 Å². The Labute approximate surface area is 148 Å². The van der Waals surface area contributed by atoms with Crippen molar-refractivity contribution in [1.29, 1.82) is 0 Å². The lowest BCUT2D eigenvalue weighted by Gasteiger charge is -2.01. The number of nitrogens with zero attached hydrogens (tertiary/aromatic N) is 2. The zero-order valence-electron chi connectivity index (χ0n) is 13.3. The van der Waals surface area contributed by atoms with E-state index in [-0.39, 0.29) is 16.3 Å². The third kappa shape index (κ3) is 3.59. The van der Waals surface area contributed by atoms with Gasteiger partial charge in [-0.3, -0.25) is 9.89 Å². The number of nitrogens with one attached hydrogen (secondary N) is 2. The molecule has 0 saturated carbocycles. The lowest BCUT2D eigenvalue weighted by Crippen LogP contribution is -2.19. The van der Waals surface area contributed by atoms with Gasteiger partial charge >= 0.3 is 0 Å². The minimum absolute atomic E-state index is 0.107. The van der Waals surface area contributed by atoms with Crippen molar-refractivity contribution in [3.05, 3.63) is 76.2 Å². The third-order valence-corrected chi connectivity index (χ3v) is 3.97. The number of H-pyrrole nitrogens is 1. The van der Waals surface area contributed by atoms with Crippen LogP contribution in [0, 0.1) is 12.7 Å². The standard InChI is InChI=1S/C18H14ClFN4O/c1-11-16(12-6-3-2-4-7-12)22-23-17(11)18(25)24-21-10-13-14(19)8-5-9-15(13)20/h2-10H,1H3,(H,22,23)(H,24,25)/b21-10-. The summed E-state index contributed by atoms with van der Waals surface area (Å²) in [5.41, 5.74) is 5.02. The normalized spacial score (nSPS) is 11.0. The quantitative estimate of drug-likeness (QED) is 0.549. The van der Waals surface area contributed by atoms with Crippen LogP contribution >= 0.6 is 11.6 Å². The fourth-order valence-corrected chi connectivity index (χ4v) is 2.55. The van der Waals surface area contributed by atoms with Crippen molar-refractivity contribution < 1.29 is 9.18 Å². The molecule has 0 radical (unpaired) electrons. The van der Waals surface area contributed by atoms with Crippen molar-refractivity contribution in [3.8, 4) is 11.3 Å². The molecule has 0 unspecified atom stereocenters. The molecular formula is C18H14ClFN4O. The summed E-state index contributed by atoms with van der Waals surface area (Å²) in [6.45, 7) is 1.79. The molecule has 3 rings (SSSR count). The Balaban J connectivity index is 1.77. The van der Waals surface area contributed by atoms with Gasteiger partial charge in [0.2, 0.25) is 0 Å². The van der Waals surface area contributed by atoms with Gasteiger partial charge in [-0.15, -0.1) is 0 Å². The maximum absolute atomic E-state index is 13.6. The van der Waals surface area contributed by atoms with E-state index in [1.807, 2.05) is 30.3 Å². The van der Waals surface area contributed by atoms with Crippen molar-refractivity contribution in [2.75, 3.05) is 0 Å². The second-order valence-electron chi connectivity index (χ2n) is 5.27. The Hall–Kier alpha value is -2.99. The van der Waals surface area contributed by atoms with Crippen LogP contribution in [0.5, 0.6) is 0 Å². The van der Waals surface area contributed by atoms with Gasteiger partial charge in [0.25, 0.3) is 5.91 Å². The molecule has 0 atom stereocenters. The molecule has 1 heterocycles. The smallest absolute Gasteiger partial charge is 0.272 e. The molecule has 0 aliphatic rings. The Morgan fingerprint density at radius 3 is 2.72 bits per heavy atom. The van der Waals surface area contributed by atoms with Crippen molar-refractivity contribution in [3.63, 3.8) is 0 Å². The first-order valence-electron chi connectivity index (χ1n) is 7.45. The van der Waals surface area contributed by atoms with Gasteiger partial charge in [-0.1, -0.05) is 48.0 Å². The van der Waals surface area contributed by atoms with E-state index in [2.05, 4.69) is 20.7 Å². The number of aromatic amines is 1. The molecule has 5 nitrogen and oxygen atoms in total. The average molecular weight is 357 g/mol. The molecule has 2 aromatic carbocycles. The molecule has 25 heavy (non-hydrogen) atoms. The molecule has 0 fully saturated rings. The van der Waals surface area contributed by atoms with Crippen LogP contribution in [0.15, 0.2) is 53.6 Å². The number of hydrogen-bond acceptors (Lipinski definition) is 3. The zero-order valence-corrected chi connectivity index (χ0v) is 14.0. The maximum Gasteiger partial charge on any atom is 0.289 e. The fraction of sp³-hybridized carbons (Fsp3) is 0.0556. The van der Waals surface area contributed by atoms with Gasteiger partial charge in [-0.2, -0.15) is 10.2 Å². The second-order valence-corrected chi connectivity index (χ2v) is 5.68. The molecule has 0 bridgehead atoms. The van der Waals surface area contributed by atoms with E-state index >= 15 is 0 Å². The van der Waals surface area contributed by atoms with Gasteiger partial charge in [0.05, 0.1) is 16.9 Å². The first-order valence-corrected chi connectivity index (χ1v) is 7.83. The van der Waals surface area contributed by atoms with Gasteiger partial charge in [-0.25, -0.2) is 9.82 Å². The summed E-state index contributed by atoms with van der Waals surface area (Å²) in [6.07, 6.45) is 1.17. The highest BCUT2D eigenvalue weighted by atomic mass is 35.5. The first-order chi connectivity index (χ1) is 12.1. The van der Waals surface area contributed by atoms with Crippen LogP contribution in [0.1, 0.15) is 21.6 Å². The molecule has 1 amide bonds. The van der Waals surface area contributed by atoms with E-state index in [1.54, 1.807) is 13.0 Å². The van der Waals surface area contributed by atoms with Crippen molar-refractivity contribution in [2.45, 2.75) is 6.92 Å². The number of aromatic nitrogens is 2. The molecule has 0 saturated heterocycles. The molecule has 0 aliphatic carbocycles. The number of rotatable bonds is 4. The Bertz CT molecular complexity index is 917. The van der Waals surface area contributed by atoms with Crippen molar-refractivity contribution in [1.82, 2.24) is 15.6 Å². The molecule has 3 aromatic rings. The summed E-state index contributed by atoms with van der Waals surface area (Å²) in [5, 5.41) is 10.9. The van der Waals surface area contributed by atoms with Crippen LogP contribution in [0.25, 0.3) is 11.3 Å². The highest BCUT2D eigenvalue weighted by Gasteiger charge is 2.16. The van der Waals surface area contributed by atoms with E-state index in [4.69, 9.17) is 11.6 Å². The summed E-state index contributed by atoms with van der Waals surface area (Å²) < 4.78 is 13.6. The maximum atomic E-state index is 13.6. The lowest BCUT2D eigenvalue weighted by molar-refractivity contribution is 0.0949. The minimum Gasteiger partial charge on any atom is -0.272 e. The molecule has 126 valence electrons. The van der Waals surface area contributed by atoms with Crippen LogP contribution in [0.2, 0.25) is 5.02 Å². The fourth-order valence-electron chi connectivity index (χ4n) is 2.34. The zero-order chi connectivity index (χ0) is 17.8. The number of carbonyl (C=O) groups excluding carboxylic acids is 1. The SMILES string of the molecule is Cc1c(-c2ccccc2)n[nH]c1C(=O)N/N=C\c1c(F)cccc1Cl. The van der Waals surface area contributed by atoms with Crippen LogP contribution in [-0.4, -0.2) is 22.3 Å². The predicted octanol–water partition coefficient (Wildman–Crippen LogP) is 3.94. The molecule has 1 aromatic heterocycles. The Morgan fingerprint density at radius 2 is 2.00 bits per heavy atom. The minimum atomic E-state index is -0.519. The third-order valence-electron chi connectivity index (χ3n) is 3.64. The summed E-state index contributed by atoms with van der Waals surface area (Å²) in [5.74, 6) is -0.995. The van der Waals surface area contributed by atoms with Crippen molar-refractivity contribution in [2.24, 2.45) is 5.10 Å². The first kappa shape index (κ1) is 16.9. The van der Waals surface area contributed by atoms with E-state index < -0.39 is 11.7 Å². The van der Waals surface area contributed by atoms with E-state index in [1.165, 1.54) is 18.3 Å². The lowest BCUT2D eigenvalue weighted by atomic mass is 10.1. The molecule has 0 aliphatic heterocycles. The summed E-state index contributed by atoms with van der Waals surface area (Å²) >= 11 is 5.90. The number of halogens is 2. The Kier molecular flexibility index (Phi) is 4.90. The second kappa shape index (κ2) is 7.27. The van der Waals surface area contributed by atoms with E-state index in [9.17, 15) is 9.18 Å². The number of amides is 1. The number of hydrazone groups is 1. The van der Waals surface area contributed by atoms with Gasteiger partial charge in [0.15, 0.2) is 0 Å². The number of benzene rings is 2. The van der Waals surface area contributed by atoms with Gasteiger partial charge < -0.3 is 0 Å². The number of hydrogen-bond donors (Lipinski definition) is 2. The van der Waals surface area contributed by atoms with Crippen LogP contribution in [0.3, 0.4) is 0 Å². The van der Waals surface area contributed by atoms with Crippen LogP contribution in [-0.2, 0) is 0 Å². The molecule has 7 heteroatoms. The van der Waals surface area contributed by atoms with E-state index in [0.717, 1.165) is 5.56 Å². The van der Waals surface area contributed by atoms with Crippen LogP contribution < -0.4 is 5.43 Å².